The lowest BCUT2D eigenvalue weighted by molar-refractivity contribution is 0.223. The Morgan fingerprint density at radius 3 is 2.38 bits per heavy atom. The Hall–Kier alpha value is -0.0800. The van der Waals surface area contributed by atoms with Crippen LogP contribution in [0.4, 0.5) is 0 Å². The molecule has 0 radical (unpaired) electrons. The zero-order valence-electron chi connectivity index (χ0n) is 11.5. The first kappa shape index (κ1) is 14.0. The molecule has 0 bridgehead atoms. The Labute approximate surface area is 102 Å². The van der Waals surface area contributed by atoms with Crippen LogP contribution in [0.25, 0.3) is 0 Å². The van der Waals surface area contributed by atoms with Gasteiger partial charge in [0.2, 0.25) is 0 Å². The predicted octanol–water partition coefficient (Wildman–Crippen LogP) is 2.89. The van der Waals surface area contributed by atoms with Crippen molar-refractivity contribution in [1.82, 2.24) is 10.2 Å². The highest BCUT2D eigenvalue weighted by molar-refractivity contribution is 4.70. The van der Waals surface area contributed by atoms with Crippen molar-refractivity contribution in [3.8, 4) is 0 Å². The van der Waals surface area contributed by atoms with Crippen molar-refractivity contribution in [1.29, 1.82) is 0 Å². The molecule has 0 aliphatic carbocycles. The quantitative estimate of drug-likeness (QED) is 0.672. The average molecular weight is 226 g/mol. The molecule has 2 nitrogen and oxygen atoms in total. The predicted molar refractivity (Wildman–Crippen MR) is 71.8 cm³/mol. The lowest BCUT2D eigenvalue weighted by Gasteiger charge is -2.27. The van der Waals surface area contributed by atoms with E-state index in [9.17, 15) is 0 Å². The van der Waals surface area contributed by atoms with Gasteiger partial charge in [0.25, 0.3) is 0 Å². The molecule has 1 N–H and O–H groups in total. The summed E-state index contributed by atoms with van der Waals surface area (Å²) in [7, 11) is 0. The maximum Gasteiger partial charge on any atom is 0.00874 e. The first-order chi connectivity index (χ1) is 7.74. The third-order valence-electron chi connectivity index (χ3n) is 3.75. The summed E-state index contributed by atoms with van der Waals surface area (Å²) in [4.78, 5) is 2.63. The molecular formula is C14H30N2. The van der Waals surface area contributed by atoms with Crippen molar-refractivity contribution >= 4 is 0 Å². The van der Waals surface area contributed by atoms with E-state index in [1.807, 2.05) is 0 Å². The highest BCUT2D eigenvalue weighted by Gasteiger charge is 2.11. The van der Waals surface area contributed by atoms with Gasteiger partial charge in [0.05, 0.1) is 0 Å². The fourth-order valence-corrected chi connectivity index (χ4v) is 2.62. The van der Waals surface area contributed by atoms with Crippen molar-refractivity contribution in [3.05, 3.63) is 0 Å². The lowest BCUT2D eigenvalue weighted by Crippen LogP contribution is -2.36. The molecule has 1 unspecified atom stereocenters. The number of piperidine rings is 1. The molecule has 96 valence electrons. The molecule has 1 rings (SSSR count). The van der Waals surface area contributed by atoms with Crippen molar-refractivity contribution in [2.75, 3.05) is 26.2 Å². The molecule has 0 aromatic heterocycles. The number of likely N-dealkylation sites (tertiary alicyclic amines) is 1. The Kier molecular flexibility index (Phi) is 7.06. The number of rotatable bonds is 7. The average Bonchev–Trinajstić information content (AvgIpc) is 2.30. The van der Waals surface area contributed by atoms with Crippen LogP contribution in [0.3, 0.4) is 0 Å². The van der Waals surface area contributed by atoms with E-state index in [1.54, 1.807) is 0 Å². The molecule has 0 spiro atoms. The van der Waals surface area contributed by atoms with Crippen molar-refractivity contribution in [2.24, 2.45) is 5.92 Å². The lowest BCUT2D eigenvalue weighted by atomic mass is 10.0. The maximum absolute atomic E-state index is 3.68. The molecule has 0 aromatic rings. The minimum Gasteiger partial charge on any atom is -0.314 e. The van der Waals surface area contributed by atoms with Crippen LogP contribution in [0.15, 0.2) is 0 Å². The zero-order valence-corrected chi connectivity index (χ0v) is 11.5. The molecule has 1 aliphatic heterocycles. The SMILES string of the molecule is CCC(NCCCN1CCCCC1)C(C)C. The number of hydrogen-bond donors (Lipinski definition) is 1. The van der Waals surface area contributed by atoms with Gasteiger partial charge in [-0.15, -0.1) is 0 Å². The third-order valence-corrected chi connectivity index (χ3v) is 3.75. The van der Waals surface area contributed by atoms with Gasteiger partial charge in [0.1, 0.15) is 0 Å². The summed E-state index contributed by atoms with van der Waals surface area (Å²) in [5.74, 6) is 0.764. The van der Waals surface area contributed by atoms with Crippen LogP contribution in [0.2, 0.25) is 0 Å². The highest BCUT2D eigenvalue weighted by Crippen LogP contribution is 2.09. The molecular weight excluding hydrogens is 196 g/mol. The largest absolute Gasteiger partial charge is 0.314 e. The van der Waals surface area contributed by atoms with E-state index in [2.05, 4.69) is 31.0 Å². The summed E-state index contributed by atoms with van der Waals surface area (Å²) in [5.41, 5.74) is 0. The van der Waals surface area contributed by atoms with E-state index >= 15 is 0 Å². The van der Waals surface area contributed by atoms with E-state index in [1.165, 1.54) is 58.3 Å². The molecule has 1 atom stereocenters. The normalized spacial score (nSPS) is 20.2. The van der Waals surface area contributed by atoms with Gasteiger partial charge in [-0.2, -0.15) is 0 Å². The third kappa shape index (κ3) is 5.31. The number of hydrogen-bond acceptors (Lipinski definition) is 2. The standard InChI is InChI=1S/C14H30N2/c1-4-14(13(2)3)15-9-8-12-16-10-6-5-7-11-16/h13-15H,4-12H2,1-3H3. The molecule has 0 aromatic carbocycles. The second-order valence-electron chi connectivity index (χ2n) is 5.47. The first-order valence-electron chi connectivity index (χ1n) is 7.19. The van der Waals surface area contributed by atoms with Gasteiger partial charge in [0, 0.05) is 6.04 Å². The summed E-state index contributed by atoms with van der Waals surface area (Å²) >= 11 is 0. The topological polar surface area (TPSA) is 15.3 Å². The number of nitrogens with zero attached hydrogens (tertiary/aromatic N) is 1. The summed E-state index contributed by atoms with van der Waals surface area (Å²) in [6.07, 6.45) is 6.83. The van der Waals surface area contributed by atoms with Crippen LogP contribution >= 0.6 is 0 Å². The monoisotopic (exact) mass is 226 g/mol. The van der Waals surface area contributed by atoms with E-state index in [0.29, 0.717) is 6.04 Å². The van der Waals surface area contributed by atoms with Crippen molar-refractivity contribution in [3.63, 3.8) is 0 Å². The maximum atomic E-state index is 3.68. The van der Waals surface area contributed by atoms with Crippen LogP contribution < -0.4 is 5.32 Å². The van der Waals surface area contributed by atoms with Gasteiger partial charge >= 0.3 is 0 Å². The van der Waals surface area contributed by atoms with Crippen molar-refractivity contribution < 1.29 is 0 Å². The van der Waals surface area contributed by atoms with Crippen LogP contribution in [0, 0.1) is 5.92 Å². The van der Waals surface area contributed by atoms with Gasteiger partial charge in [-0.05, 0) is 57.8 Å². The van der Waals surface area contributed by atoms with E-state index in [0.717, 1.165) is 5.92 Å². The Bertz CT molecular complexity index is 162. The van der Waals surface area contributed by atoms with Crippen LogP contribution in [0.1, 0.15) is 52.9 Å². The smallest absolute Gasteiger partial charge is 0.00874 e. The summed E-state index contributed by atoms with van der Waals surface area (Å²) in [5, 5.41) is 3.68. The molecule has 1 fully saturated rings. The fraction of sp³-hybridized carbons (Fsp3) is 1.00. The second-order valence-corrected chi connectivity index (χ2v) is 5.47. The zero-order chi connectivity index (χ0) is 11.8. The van der Waals surface area contributed by atoms with E-state index in [4.69, 9.17) is 0 Å². The molecule has 1 heterocycles. The molecule has 0 amide bonds. The van der Waals surface area contributed by atoms with Gasteiger partial charge in [-0.3, -0.25) is 0 Å². The summed E-state index contributed by atoms with van der Waals surface area (Å²) < 4.78 is 0. The Balaban J connectivity index is 2.01. The Morgan fingerprint density at radius 2 is 1.81 bits per heavy atom. The van der Waals surface area contributed by atoms with E-state index in [-0.39, 0.29) is 0 Å². The molecule has 16 heavy (non-hydrogen) atoms. The molecule has 2 heteroatoms. The van der Waals surface area contributed by atoms with E-state index < -0.39 is 0 Å². The van der Waals surface area contributed by atoms with Gasteiger partial charge in [-0.25, -0.2) is 0 Å². The molecule has 1 saturated heterocycles. The van der Waals surface area contributed by atoms with Gasteiger partial charge in [-0.1, -0.05) is 27.2 Å². The summed E-state index contributed by atoms with van der Waals surface area (Å²) in [6.45, 7) is 12.1. The highest BCUT2D eigenvalue weighted by atomic mass is 15.1. The van der Waals surface area contributed by atoms with Crippen LogP contribution in [-0.4, -0.2) is 37.1 Å². The van der Waals surface area contributed by atoms with Crippen molar-refractivity contribution in [2.45, 2.75) is 58.9 Å². The van der Waals surface area contributed by atoms with Gasteiger partial charge < -0.3 is 10.2 Å². The second kappa shape index (κ2) is 8.08. The molecule has 0 saturated carbocycles. The minimum absolute atomic E-state index is 0.710. The first-order valence-corrected chi connectivity index (χ1v) is 7.19. The minimum atomic E-state index is 0.710. The molecule has 1 aliphatic rings. The van der Waals surface area contributed by atoms with Crippen LogP contribution in [-0.2, 0) is 0 Å². The number of nitrogens with one attached hydrogen (secondary N) is 1. The fourth-order valence-electron chi connectivity index (χ4n) is 2.62. The summed E-state index contributed by atoms with van der Waals surface area (Å²) in [6, 6.07) is 0.710. The van der Waals surface area contributed by atoms with Crippen LogP contribution in [0.5, 0.6) is 0 Å². The van der Waals surface area contributed by atoms with Gasteiger partial charge in [0.15, 0.2) is 0 Å². The Morgan fingerprint density at radius 1 is 1.12 bits per heavy atom.